The molecule has 1 aliphatic rings. The van der Waals surface area contributed by atoms with Crippen molar-refractivity contribution in [1.82, 2.24) is 18.9 Å². The Kier molecular flexibility index (Phi) is 3.56. The summed E-state index contributed by atoms with van der Waals surface area (Å²) in [4.78, 5) is 11.9. The molecule has 0 amide bonds. The Hall–Kier alpha value is -1.71. The van der Waals surface area contributed by atoms with Crippen molar-refractivity contribution < 1.29 is 13.2 Å². The van der Waals surface area contributed by atoms with E-state index in [0.29, 0.717) is 38.5 Å². The number of hydrogen-bond acceptors (Lipinski definition) is 5. The van der Waals surface area contributed by atoms with Crippen molar-refractivity contribution in [3.05, 3.63) is 28.4 Å². The fraction of sp³-hybridized carbons (Fsp3) is 0.500. The fourth-order valence-electron chi connectivity index (χ4n) is 2.38. The van der Waals surface area contributed by atoms with Gasteiger partial charge in [-0.3, -0.25) is 9.20 Å². The summed E-state index contributed by atoms with van der Waals surface area (Å²) in [6.07, 6.45) is 2.04. The van der Waals surface area contributed by atoms with Crippen LogP contribution in [0.3, 0.4) is 0 Å². The smallest absolute Gasteiger partial charge is 0.288 e. The molecule has 0 aromatic carbocycles. The monoisotopic (exact) mass is 312 g/mol. The van der Waals surface area contributed by atoms with Gasteiger partial charge in [-0.25, -0.2) is 13.5 Å². The van der Waals surface area contributed by atoms with Gasteiger partial charge in [-0.05, 0) is 6.07 Å². The molecule has 21 heavy (non-hydrogen) atoms. The van der Waals surface area contributed by atoms with Crippen LogP contribution in [0.15, 0.2) is 22.0 Å². The Morgan fingerprint density at radius 1 is 1.38 bits per heavy atom. The van der Waals surface area contributed by atoms with Gasteiger partial charge in [0.05, 0.1) is 13.2 Å². The maximum absolute atomic E-state index is 12.6. The Morgan fingerprint density at radius 2 is 2.10 bits per heavy atom. The molecular weight excluding hydrogens is 296 g/mol. The van der Waals surface area contributed by atoms with Crippen molar-refractivity contribution in [2.24, 2.45) is 0 Å². The van der Waals surface area contributed by atoms with Gasteiger partial charge in [-0.15, -0.1) is 0 Å². The molecule has 0 atom stereocenters. The lowest BCUT2D eigenvalue weighted by Crippen LogP contribution is -2.40. The van der Waals surface area contributed by atoms with Gasteiger partial charge in [0.15, 0.2) is 0 Å². The quantitative estimate of drug-likeness (QED) is 0.832. The summed E-state index contributed by atoms with van der Waals surface area (Å²) in [6.45, 7) is 3.30. The first kappa shape index (κ1) is 14.2. The van der Waals surface area contributed by atoms with Crippen LogP contribution in [0, 0.1) is 0 Å². The van der Waals surface area contributed by atoms with Crippen LogP contribution in [-0.4, -0.2) is 53.6 Å². The minimum atomic E-state index is -3.61. The van der Waals surface area contributed by atoms with Gasteiger partial charge in [0.25, 0.3) is 5.56 Å². The van der Waals surface area contributed by atoms with E-state index < -0.39 is 15.6 Å². The second kappa shape index (κ2) is 5.24. The lowest BCUT2D eigenvalue weighted by atomic mass is 10.4. The molecule has 2 aromatic rings. The van der Waals surface area contributed by atoms with Crippen molar-refractivity contribution in [3.8, 4) is 0 Å². The maximum Gasteiger partial charge on any atom is 0.288 e. The molecule has 2 aromatic heterocycles. The van der Waals surface area contributed by atoms with Gasteiger partial charge in [0.2, 0.25) is 10.0 Å². The van der Waals surface area contributed by atoms with Crippen molar-refractivity contribution >= 4 is 15.5 Å². The molecular formula is C12H16N4O4S. The molecule has 1 saturated heterocycles. The van der Waals surface area contributed by atoms with Gasteiger partial charge < -0.3 is 4.74 Å². The van der Waals surface area contributed by atoms with E-state index in [1.165, 1.54) is 21.0 Å². The summed E-state index contributed by atoms with van der Waals surface area (Å²) >= 11 is 0. The first-order valence-electron chi connectivity index (χ1n) is 6.71. The zero-order valence-corrected chi connectivity index (χ0v) is 12.4. The predicted octanol–water partition coefficient (Wildman–Crippen LogP) is -0.394. The third-order valence-corrected chi connectivity index (χ3v) is 5.38. The summed E-state index contributed by atoms with van der Waals surface area (Å²) < 4.78 is 33.3. The number of aromatic nitrogens is 3. The van der Waals surface area contributed by atoms with Crippen LogP contribution in [-0.2, 0) is 21.2 Å². The average Bonchev–Trinajstić information content (AvgIpc) is 2.95. The van der Waals surface area contributed by atoms with Crippen molar-refractivity contribution in [3.63, 3.8) is 0 Å². The maximum atomic E-state index is 12.6. The Labute approximate surface area is 121 Å². The van der Waals surface area contributed by atoms with E-state index in [1.54, 1.807) is 0 Å². The molecule has 3 rings (SSSR count). The summed E-state index contributed by atoms with van der Waals surface area (Å²) in [5.74, 6) is 0.605. The molecule has 9 heteroatoms. The number of aromatic amines is 1. The molecule has 1 N–H and O–H groups in total. The number of aryl methyl sites for hydroxylation is 1. The number of ether oxygens (including phenoxy) is 1. The van der Waals surface area contributed by atoms with Gasteiger partial charge in [0, 0.05) is 25.7 Å². The second-order valence-corrected chi connectivity index (χ2v) is 6.71. The van der Waals surface area contributed by atoms with Crippen LogP contribution in [0.4, 0.5) is 0 Å². The van der Waals surface area contributed by atoms with E-state index in [2.05, 4.69) is 10.2 Å². The molecule has 3 heterocycles. The fourth-order valence-corrected chi connectivity index (χ4v) is 3.81. The molecule has 0 spiro atoms. The van der Waals surface area contributed by atoms with Crippen molar-refractivity contribution in [2.45, 2.75) is 18.2 Å². The van der Waals surface area contributed by atoms with Gasteiger partial charge in [-0.1, -0.05) is 6.92 Å². The van der Waals surface area contributed by atoms with E-state index in [0.717, 1.165) is 0 Å². The number of rotatable bonds is 3. The van der Waals surface area contributed by atoms with Gasteiger partial charge >= 0.3 is 0 Å². The first-order valence-corrected chi connectivity index (χ1v) is 8.15. The van der Waals surface area contributed by atoms with E-state index in [-0.39, 0.29) is 10.4 Å². The van der Waals surface area contributed by atoms with E-state index in [9.17, 15) is 13.2 Å². The molecule has 0 bridgehead atoms. The highest BCUT2D eigenvalue weighted by Gasteiger charge is 2.28. The van der Waals surface area contributed by atoms with Crippen LogP contribution in [0.2, 0.25) is 0 Å². The summed E-state index contributed by atoms with van der Waals surface area (Å²) in [6, 6.07) is 1.39. The molecule has 114 valence electrons. The number of nitrogens with zero attached hydrogens (tertiary/aromatic N) is 3. The molecule has 0 radical (unpaired) electrons. The standard InChI is InChI=1S/C12H16N4O4S/c1-2-11-13-14-12(17)10-7-9(8-16(10)11)21(18,19)15-3-5-20-6-4-15/h7-8H,2-6H2,1H3,(H,14,17). The third kappa shape index (κ3) is 2.37. The van der Waals surface area contributed by atoms with Crippen LogP contribution >= 0.6 is 0 Å². The zero-order chi connectivity index (χ0) is 15.0. The van der Waals surface area contributed by atoms with Crippen molar-refractivity contribution in [2.75, 3.05) is 26.3 Å². The molecule has 0 unspecified atom stereocenters. The second-order valence-electron chi connectivity index (χ2n) is 4.77. The molecule has 0 aliphatic carbocycles. The third-order valence-electron chi connectivity index (χ3n) is 3.52. The minimum absolute atomic E-state index is 0.109. The van der Waals surface area contributed by atoms with Gasteiger partial charge in [0.1, 0.15) is 16.2 Å². The minimum Gasteiger partial charge on any atom is -0.379 e. The van der Waals surface area contributed by atoms with Crippen LogP contribution in [0.1, 0.15) is 12.7 Å². The summed E-state index contributed by atoms with van der Waals surface area (Å²) in [5, 5.41) is 6.31. The number of nitrogens with one attached hydrogen (secondary N) is 1. The topological polar surface area (TPSA) is 96.8 Å². The Bertz CT molecular complexity index is 817. The van der Waals surface area contributed by atoms with E-state index >= 15 is 0 Å². The normalized spacial score (nSPS) is 17.4. The van der Waals surface area contributed by atoms with Crippen molar-refractivity contribution in [1.29, 1.82) is 0 Å². The molecule has 0 saturated carbocycles. The average molecular weight is 312 g/mol. The number of morpholine rings is 1. The van der Waals surface area contributed by atoms with Crippen LogP contribution in [0.25, 0.3) is 5.52 Å². The lowest BCUT2D eigenvalue weighted by molar-refractivity contribution is 0.0730. The number of sulfonamides is 1. The van der Waals surface area contributed by atoms with E-state index in [1.807, 2.05) is 6.92 Å². The van der Waals surface area contributed by atoms with E-state index in [4.69, 9.17) is 4.74 Å². The molecule has 8 nitrogen and oxygen atoms in total. The van der Waals surface area contributed by atoms with Crippen LogP contribution < -0.4 is 5.56 Å². The largest absolute Gasteiger partial charge is 0.379 e. The highest BCUT2D eigenvalue weighted by molar-refractivity contribution is 7.89. The Balaban J connectivity index is 2.12. The summed E-state index contributed by atoms with van der Waals surface area (Å²) in [5.41, 5.74) is -0.121. The molecule has 1 aliphatic heterocycles. The SMILES string of the molecule is CCc1n[nH]c(=O)c2cc(S(=O)(=O)N3CCOCC3)cn12. The number of hydrogen-bond donors (Lipinski definition) is 1. The predicted molar refractivity (Wildman–Crippen MR) is 74.8 cm³/mol. The zero-order valence-electron chi connectivity index (χ0n) is 11.6. The van der Waals surface area contributed by atoms with Gasteiger partial charge in [-0.2, -0.15) is 9.40 Å². The highest BCUT2D eigenvalue weighted by atomic mass is 32.2. The molecule has 1 fully saturated rings. The number of H-pyrrole nitrogens is 1. The highest BCUT2D eigenvalue weighted by Crippen LogP contribution is 2.19. The first-order chi connectivity index (χ1) is 10.0. The summed E-state index contributed by atoms with van der Waals surface area (Å²) in [7, 11) is -3.61. The van der Waals surface area contributed by atoms with Crippen LogP contribution in [0.5, 0.6) is 0 Å². The lowest BCUT2D eigenvalue weighted by Gasteiger charge is -2.25. The number of fused-ring (bicyclic) bond motifs is 1. The Morgan fingerprint density at radius 3 is 2.76 bits per heavy atom.